The summed E-state index contributed by atoms with van der Waals surface area (Å²) in [5.74, 6) is 0.322. The molecular weight excluding hydrogens is 322 g/mol. The maximum absolute atomic E-state index is 8.63. The Morgan fingerprint density at radius 3 is 1.11 bits per heavy atom. The van der Waals surface area contributed by atoms with Gasteiger partial charge in [0.05, 0.1) is 0 Å². The summed E-state index contributed by atoms with van der Waals surface area (Å²) in [6.45, 7) is 0. The Kier molecular flexibility index (Phi) is 12.5. The summed E-state index contributed by atoms with van der Waals surface area (Å²) in [4.78, 5) is 0. The molecule has 0 radical (unpaired) electrons. The van der Waals surface area contributed by atoms with E-state index in [0.717, 1.165) is 0 Å². The average molecular weight is 334 g/mol. The first kappa shape index (κ1) is 20.1. The molecule has 0 spiro atoms. The van der Waals surface area contributed by atoms with Crippen LogP contribution < -0.4 is 0 Å². The standard InChI is InChI=1S/C6H6O.C6H6.H2O4S.Zn/c7-6-4-2-1-3-5-6;1-2-4-6-5-3-1;1-5(2,3)4;/h1-5,7H;1-6H;(H2,1,2,3,4);/q;;;+2/p-2. The van der Waals surface area contributed by atoms with Crippen molar-refractivity contribution in [3.63, 3.8) is 0 Å². The molecule has 2 aromatic rings. The fourth-order valence-electron chi connectivity index (χ4n) is 0.813. The van der Waals surface area contributed by atoms with E-state index in [1.54, 1.807) is 24.3 Å². The maximum Gasteiger partial charge on any atom is 2.00 e. The second-order valence-electron chi connectivity index (χ2n) is 2.90. The summed E-state index contributed by atoms with van der Waals surface area (Å²) in [6.07, 6.45) is 0. The Morgan fingerprint density at radius 2 is 0.947 bits per heavy atom. The van der Waals surface area contributed by atoms with E-state index in [2.05, 4.69) is 0 Å². The van der Waals surface area contributed by atoms with E-state index in [4.69, 9.17) is 22.6 Å². The van der Waals surface area contributed by atoms with Crippen molar-refractivity contribution >= 4 is 10.4 Å². The van der Waals surface area contributed by atoms with Gasteiger partial charge >= 0.3 is 19.5 Å². The summed E-state index contributed by atoms with van der Waals surface area (Å²) in [7, 11) is -5.17. The Labute approximate surface area is 125 Å². The molecule has 1 N–H and O–H groups in total. The van der Waals surface area contributed by atoms with Crippen LogP contribution in [-0.2, 0) is 29.9 Å². The third-order valence-electron chi connectivity index (χ3n) is 1.42. The molecule has 0 saturated carbocycles. The van der Waals surface area contributed by atoms with Gasteiger partial charge in [-0.1, -0.05) is 54.6 Å². The first-order valence-electron chi connectivity index (χ1n) is 4.80. The molecule has 2 aromatic carbocycles. The summed E-state index contributed by atoms with van der Waals surface area (Å²) < 4.78 is 34.1. The van der Waals surface area contributed by atoms with Crippen molar-refractivity contribution in [3.8, 4) is 5.75 Å². The van der Waals surface area contributed by atoms with Crippen LogP contribution >= 0.6 is 0 Å². The third kappa shape index (κ3) is 22.4. The van der Waals surface area contributed by atoms with Crippen molar-refractivity contribution < 1.29 is 42.1 Å². The van der Waals surface area contributed by atoms with Crippen molar-refractivity contribution in [2.45, 2.75) is 0 Å². The van der Waals surface area contributed by atoms with Crippen molar-refractivity contribution in [1.82, 2.24) is 0 Å². The van der Waals surface area contributed by atoms with E-state index in [-0.39, 0.29) is 19.5 Å². The van der Waals surface area contributed by atoms with Gasteiger partial charge in [0, 0.05) is 10.4 Å². The van der Waals surface area contributed by atoms with Gasteiger partial charge in [-0.25, -0.2) is 0 Å². The molecule has 0 bridgehead atoms. The number of phenolic OH excluding ortho intramolecular Hbond substituents is 1. The maximum atomic E-state index is 8.63. The van der Waals surface area contributed by atoms with Gasteiger partial charge in [-0.3, -0.25) is 8.42 Å². The predicted molar refractivity (Wildman–Crippen MR) is 65.0 cm³/mol. The molecule has 0 aliphatic carbocycles. The zero-order valence-electron chi connectivity index (χ0n) is 10.0. The van der Waals surface area contributed by atoms with E-state index in [1.165, 1.54) is 0 Å². The molecule has 0 saturated heterocycles. The van der Waals surface area contributed by atoms with E-state index >= 15 is 0 Å². The molecule has 0 aliphatic rings. The number of aromatic hydroxyl groups is 1. The van der Waals surface area contributed by atoms with Crippen LogP contribution in [-0.4, -0.2) is 22.6 Å². The molecule has 0 amide bonds. The monoisotopic (exact) mass is 332 g/mol. The normalized spacial score (nSPS) is 8.74. The molecule has 0 fully saturated rings. The molecule has 0 atom stereocenters. The molecule has 19 heavy (non-hydrogen) atoms. The van der Waals surface area contributed by atoms with Crippen LogP contribution in [0.15, 0.2) is 66.7 Å². The van der Waals surface area contributed by atoms with Gasteiger partial charge in [0.25, 0.3) is 0 Å². The average Bonchev–Trinajstić information content (AvgIpc) is 2.31. The Morgan fingerprint density at radius 1 is 0.737 bits per heavy atom. The van der Waals surface area contributed by atoms with Gasteiger partial charge in [0.1, 0.15) is 5.75 Å². The van der Waals surface area contributed by atoms with Gasteiger partial charge in [0.15, 0.2) is 0 Å². The fourth-order valence-corrected chi connectivity index (χ4v) is 0.813. The minimum Gasteiger partial charge on any atom is -0.759 e. The van der Waals surface area contributed by atoms with Crippen molar-refractivity contribution in [1.29, 1.82) is 0 Å². The van der Waals surface area contributed by atoms with Crippen molar-refractivity contribution in [2.75, 3.05) is 0 Å². The summed E-state index contributed by atoms with van der Waals surface area (Å²) in [6, 6.07) is 20.7. The molecule has 7 heteroatoms. The number of benzene rings is 2. The number of hydrogen-bond acceptors (Lipinski definition) is 5. The van der Waals surface area contributed by atoms with Gasteiger partial charge in [0.2, 0.25) is 0 Å². The molecule has 0 unspecified atom stereocenters. The van der Waals surface area contributed by atoms with E-state index in [1.807, 2.05) is 42.5 Å². The molecule has 0 aromatic heterocycles. The number of hydrogen-bond donors (Lipinski definition) is 1. The predicted octanol–water partition coefficient (Wildman–Crippen LogP) is 1.74. The minimum absolute atomic E-state index is 0. The second kappa shape index (κ2) is 11.8. The van der Waals surface area contributed by atoms with Crippen LogP contribution in [0.5, 0.6) is 5.75 Å². The fraction of sp³-hybridized carbons (Fsp3) is 0. The Balaban J connectivity index is 0. The number of para-hydroxylation sites is 1. The zero-order chi connectivity index (χ0) is 13.9. The van der Waals surface area contributed by atoms with Gasteiger partial charge < -0.3 is 14.2 Å². The van der Waals surface area contributed by atoms with Crippen LogP contribution in [0.1, 0.15) is 0 Å². The number of rotatable bonds is 0. The third-order valence-corrected chi connectivity index (χ3v) is 1.42. The smallest absolute Gasteiger partial charge is 0.759 e. The molecule has 2 rings (SSSR count). The van der Waals surface area contributed by atoms with Crippen LogP contribution in [0.25, 0.3) is 0 Å². The molecule has 5 nitrogen and oxygen atoms in total. The topological polar surface area (TPSA) is 100 Å². The second-order valence-corrected chi connectivity index (χ2v) is 3.71. The molecule has 98 valence electrons. The summed E-state index contributed by atoms with van der Waals surface area (Å²) >= 11 is 0. The molecule has 0 aliphatic heterocycles. The van der Waals surface area contributed by atoms with Crippen molar-refractivity contribution in [3.05, 3.63) is 66.7 Å². The van der Waals surface area contributed by atoms with Crippen molar-refractivity contribution in [2.24, 2.45) is 0 Å². The van der Waals surface area contributed by atoms with Gasteiger partial charge in [-0.2, -0.15) is 0 Å². The SMILES string of the molecule is O=S(=O)([O-])[O-].Oc1ccccc1.[Zn+2].c1ccccc1. The minimum atomic E-state index is -5.17. The Bertz CT molecular complexity index is 467. The van der Waals surface area contributed by atoms with Crippen LogP contribution in [0.2, 0.25) is 0 Å². The van der Waals surface area contributed by atoms with Crippen LogP contribution in [0.4, 0.5) is 0 Å². The van der Waals surface area contributed by atoms with Crippen LogP contribution in [0.3, 0.4) is 0 Å². The first-order valence-corrected chi connectivity index (χ1v) is 6.13. The quantitative estimate of drug-likeness (QED) is 0.449. The summed E-state index contributed by atoms with van der Waals surface area (Å²) in [5, 5.41) is 8.63. The Hall–Kier alpha value is -1.27. The molecule has 0 heterocycles. The van der Waals surface area contributed by atoms with E-state index in [0.29, 0.717) is 5.75 Å². The largest absolute Gasteiger partial charge is 2.00 e. The molecular formula is C12H12O5SZn. The first-order chi connectivity index (χ1) is 8.39. The zero-order valence-corrected chi connectivity index (χ0v) is 13.8. The number of phenols is 1. The van der Waals surface area contributed by atoms with Gasteiger partial charge in [-0.15, -0.1) is 0 Å². The van der Waals surface area contributed by atoms with E-state index < -0.39 is 10.4 Å². The van der Waals surface area contributed by atoms with Crippen LogP contribution in [0, 0.1) is 0 Å². The van der Waals surface area contributed by atoms with E-state index in [9.17, 15) is 0 Å². The van der Waals surface area contributed by atoms with Gasteiger partial charge in [-0.05, 0) is 12.1 Å². The summed E-state index contributed by atoms with van der Waals surface area (Å²) in [5.41, 5.74) is 0.